The molecule has 1 aromatic carbocycles. The van der Waals surface area contributed by atoms with Gasteiger partial charge in [0, 0.05) is 45.8 Å². The highest BCUT2D eigenvalue weighted by Gasteiger charge is 2.23. The Morgan fingerprint density at radius 1 is 1.08 bits per heavy atom. The van der Waals surface area contributed by atoms with Gasteiger partial charge in [0.2, 0.25) is 0 Å². The third kappa shape index (κ3) is 4.79. The van der Waals surface area contributed by atoms with Gasteiger partial charge < -0.3 is 14.9 Å². The minimum absolute atomic E-state index is 0.366. The first-order valence-electron chi connectivity index (χ1n) is 9.05. The molecule has 2 aliphatic rings. The van der Waals surface area contributed by atoms with Crippen LogP contribution in [0.1, 0.15) is 28.8 Å². The summed E-state index contributed by atoms with van der Waals surface area (Å²) < 4.78 is 0. The van der Waals surface area contributed by atoms with E-state index < -0.39 is 5.97 Å². The van der Waals surface area contributed by atoms with E-state index in [1.54, 1.807) is 12.1 Å². The number of aromatic carboxylic acids is 1. The fourth-order valence-corrected chi connectivity index (χ4v) is 3.85. The Hall–Kier alpha value is -1.43. The molecule has 0 unspecified atom stereocenters. The summed E-state index contributed by atoms with van der Waals surface area (Å²) in [6, 6.07) is 7.33. The van der Waals surface area contributed by atoms with E-state index in [0.29, 0.717) is 5.56 Å². The zero-order valence-corrected chi connectivity index (χ0v) is 14.7. The number of rotatable bonds is 5. The second-order valence-corrected chi connectivity index (χ2v) is 7.35. The largest absolute Gasteiger partial charge is 0.478 e. The van der Waals surface area contributed by atoms with Crippen molar-refractivity contribution >= 4 is 5.97 Å². The van der Waals surface area contributed by atoms with Crippen LogP contribution in [0.25, 0.3) is 0 Å². The standard InChI is InChI=1S/C19H29N3O2/c1-20-9-11-21(12-10-20)14-17-3-2-8-22(15-17)13-16-4-6-18(7-5-16)19(23)24/h4-7,17H,2-3,8-15H2,1H3,(H,23,24)/t17-/m1/s1. The first-order chi connectivity index (χ1) is 11.6. The van der Waals surface area contributed by atoms with Gasteiger partial charge in [0.25, 0.3) is 0 Å². The van der Waals surface area contributed by atoms with Gasteiger partial charge in [-0.15, -0.1) is 0 Å². The van der Waals surface area contributed by atoms with Gasteiger partial charge in [-0.3, -0.25) is 4.90 Å². The number of piperazine rings is 1. The van der Waals surface area contributed by atoms with Gasteiger partial charge in [-0.2, -0.15) is 0 Å². The molecule has 0 saturated carbocycles. The van der Waals surface area contributed by atoms with Crippen LogP contribution in [0.15, 0.2) is 24.3 Å². The molecular weight excluding hydrogens is 302 g/mol. The van der Waals surface area contributed by atoms with Gasteiger partial charge in [-0.25, -0.2) is 4.79 Å². The van der Waals surface area contributed by atoms with E-state index in [1.165, 1.54) is 51.1 Å². The van der Waals surface area contributed by atoms with Gasteiger partial charge in [0.15, 0.2) is 0 Å². The molecule has 1 atom stereocenters. The van der Waals surface area contributed by atoms with Crippen molar-refractivity contribution in [3.63, 3.8) is 0 Å². The third-order valence-corrected chi connectivity index (χ3v) is 5.32. The molecule has 1 N–H and O–H groups in total. The summed E-state index contributed by atoms with van der Waals surface area (Å²) in [7, 11) is 2.20. The number of hydrogen-bond donors (Lipinski definition) is 1. The molecule has 132 valence electrons. The summed E-state index contributed by atoms with van der Waals surface area (Å²) in [5.74, 6) is -0.0905. The summed E-state index contributed by atoms with van der Waals surface area (Å²) in [5.41, 5.74) is 1.57. The summed E-state index contributed by atoms with van der Waals surface area (Å²) in [4.78, 5) is 18.5. The van der Waals surface area contributed by atoms with Crippen molar-refractivity contribution in [1.29, 1.82) is 0 Å². The van der Waals surface area contributed by atoms with E-state index in [-0.39, 0.29) is 0 Å². The van der Waals surface area contributed by atoms with E-state index in [0.717, 1.165) is 25.6 Å². The number of likely N-dealkylation sites (N-methyl/N-ethyl adjacent to an activating group) is 1. The van der Waals surface area contributed by atoms with Gasteiger partial charge in [-0.1, -0.05) is 12.1 Å². The molecule has 2 fully saturated rings. The predicted octanol–water partition coefficient (Wildman–Crippen LogP) is 1.84. The van der Waals surface area contributed by atoms with Crippen molar-refractivity contribution in [2.45, 2.75) is 19.4 Å². The molecule has 24 heavy (non-hydrogen) atoms. The lowest BCUT2D eigenvalue weighted by atomic mass is 9.96. The van der Waals surface area contributed by atoms with Crippen LogP contribution in [0.2, 0.25) is 0 Å². The Balaban J connectivity index is 1.49. The summed E-state index contributed by atoms with van der Waals surface area (Å²) >= 11 is 0. The molecule has 1 aromatic rings. The van der Waals surface area contributed by atoms with Crippen molar-refractivity contribution in [2.75, 3.05) is 52.9 Å². The number of benzene rings is 1. The fourth-order valence-electron chi connectivity index (χ4n) is 3.85. The van der Waals surface area contributed by atoms with Crippen molar-refractivity contribution < 1.29 is 9.90 Å². The van der Waals surface area contributed by atoms with Crippen LogP contribution in [-0.2, 0) is 6.54 Å². The number of carbonyl (C=O) groups is 1. The number of hydrogen-bond acceptors (Lipinski definition) is 4. The van der Waals surface area contributed by atoms with Crippen LogP contribution in [0, 0.1) is 5.92 Å². The quantitative estimate of drug-likeness (QED) is 0.892. The highest BCUT2D eigenvalue weighted by molar-refractivity contribution is 5.87. The average molecular weight is 331 g/mol. The number of carboxylic acid groups (broad SMARTS) is 1. The van der Waals surface area contributed by atoms with Crippen LogP contribution in [0.5, 0.6) is 0 Å². The molecule has 2 heterocycles. The number of carboxylic acids is 1. The Morgan fingerprint density at radius 3 is 2.46 bits per heavy atom. The van der Waals surface area contributed by atoms with E-state index >= 15 is 0 Å². The molecule has 0 bridgehead atoms. The van der Waals surface area contributed by atoms with E-state index in [1.807, 2.05) is 12.1 Å². The Kier molecular flexibility index (Phi) is 5.87. The summed E-state index contributed by atoms with van der Waals surface area (Å²) in [6.07, 6.45) is 2.60. The van der Waals surface area contributed by atoms with Gasteiger partial charge >= 0.3 is 5.97 Å². The molecule has 5 heteroatoms. The molecule has 0 aromatic heterocycles. The van der Waals surface area contributed by atoms with Crippen LogP contribution in [-0.4, -0.2) is 78.6 Å². The van der Waals surface area contributed by atoms with Crippen molar-refractivity contribution in [3.05, 3.63) is 35.4 Å². The number of likely N-dealkylation sites (tertiary alicyclic amines) is 1. The van der Waals surface area contributed by atoms with Crippen molar-refractivity contribution in [3.8, 4) is 0 Å². The molecule has 0 radical (unpaired) electrons. The molecule has 0 spiro atoms. The van der Waals surface area contributed by atoms with Crippen LogP contribution < -0.4 is 0 Å². The second kappa shape index (κ2) is 8.10. The minimum atomic E-state index is -0.855. The topological polar surface area (TPSA) is 47.0 Å². The maximum Gasteiger partial charge on any atom is 0.335 e. The average Bonchev–Trinajstić information content (AvgIpc) is 2.58. The zero-order valence-electron chi connectivity index (χ0n) is 14.7. The van der Waals surface area contributed by atoms with Gasteiger partial charge in [0.1, 0.15) is 0 Å². The van der Waals surface area contributed by atoms with E-state index in [2.05, 4.69) is 21.7 Å². The second-order valence-electron chi connectivity index (χ2n) is 7.35. The minimum Gasteiger partial charge on any atom is -0.478 e. The molecule has 5 nitrogen and oxygen atoms in total. The fraction of sp³-hybridized carbons (Fsp3) is 0.632. The van der Waals surface area contributed by atoms with Crippen LogP contribution in [0.3, 0.4) is 0 Å². The highest BCUT2D eigenvalue weighted by Crippen LogP contribution is 2.20. The molecule has 0 aliphatic carbocycles. The van der Waals surface area contributed by atoms with Crippen LogP contribution >= 0.6 is 0 Å². The lowest BCUT2D eigenvalue weighted by molar-refractivity contribution is 0.0697. The monoisotopic (exact) mass is 331 g/mol. The molecule has 2 saturated heterocycles. The molecule has 0 amide bonds. The smallest absolute Gasteiger partial charge is 0.335 e. The molecule has 2 aliphatic heterocycles. The van der Waals surface area contributed by atoms with Crippen molar-refractivity contribution in [2.24, 2.45) is 5.92 Å². The van der Waals surface area contributed by atoms with Gasteiger partial charge in [-0.05, 0) is 50.0 Å². The Morgan fingerprint density at radius 2 is 1.79 bits per heavy atom. The lowest BCUT2D eigenvalue weighted by Gasteiger charge is -2.38. The summed E-state index contributed by atoms with van der Waals surface area (Å²) in [6.45, 7) is 9.24. The van der Waals surface area contributed by atoms with Crippen LogP contribution in [0.4, 0.5) is 0 Å². The molecule has 3 rings (SSSR count). The zero-order chi connectivity index (χ0) is 16.9. The maximum atomic E-state index is 10.9. The van der Waals surface area contributed by atoms with E-state index in [4.69, 9.17) is 5.11 Å². The Labute approximate surface area is 144 Å². The maximum absolute atomic E-state index is 10.9. The van der Waals surface area contributed by atoms with Crippen molar-refractivity contribution in [1.82, 2.24) is 14.7 Å². The van der Waals surface area contributed by atoms with E-state index in [9.17, 15) is 4.79 Å². The Bertz CT molecular complexity index is 538. The summed E-state index contributed by atoms with van der Waals surface area (Å²) in [5, 5.41) is 8.99. The predicted molar refractivity (Wildman–Crippen MR) is 95.3 cm³/mol. The normalized spacial score (nSPS) is 24.1. The first kappa shape index (κ1) is 17.4. The number of piperidine rings is 1. The van der Waals surface area contributed by atoms with Gasteiger partial charge in [0.05, 0.1) is 5.56 Å². The SMILES string of the molecule is CN1CCN(C[C@H]2CCCN(Cc3ccc(C(=O)O)cc3)C2)CC1. The lowest BCUT2D eigenvalue weighted by Crippen LogP contribution is -2.48. The first-order valence-corrected chi connectivity index (χ1v) is 9.05. The highest BCUT2D eigenvalue weighted by atomic mass is 16.4. The molecular formula is C19H29N3O2. The number of nitrogens with zero attached hydrogens (tertiary/aromatic N) is 3. The third-order valence-electron chi connectivity index (χ3n) is 5.32.